The van der Waals surface area contributed by atoms with Crippen molar-refractivity contribution in [3.05, 3.63) is 29.2 Å². The predicted molar refractivity (Wildman–Crippen MR) is 56.7 cm³/mol. The van der Waals surface area contributed by atoms with E-state index in [2.05, 4.69) is 0 Å². The van der Waals surface area contributed by atoms with Gasteiger partial charge in [0.1, 0.15) is 0 Å². The Labute approximate surface area is 85.7 Å². The van der Waals surface area contributed by atoms with Crippen LogP contribution in [0.1, 0.15) is 24.5 Å². The monoisotopic (exact) mass is 213 g/mol. The fraction of sp³-hybridized carbons (Fsp3) is 0.444. The molecule has 1 aromatic heterocycles. The van der Waals surface area contributed by atoms with E-state index in [9.17, 15) is 5.21 Å². The molecule has 1 fully saturated rings. The molecule has 1 aliphatic rings. The van der Waals surface area contributed by atoms with E-state index >= 15 is 0 Å². The van der Waals surface area contributed by atoms with Crippen LogP contribution in [-0.4, -0.2) is 6.26 Å². The first-order valence-corrected chi connectivity index (χ1v) is 6.81. The molecule has 70 valence electrons. The standard InChI is InChI=1S/C9H11NOS2/c1-12-13-8-4-5-10(11)9(6-8)7-2-3-7/h4-7H,2-3H2,1H3. The summed E-state index contributed by atoms with van der Waals surface area (Å²) >= 11 is 0. The number of hydrogen-bond donors (Lipinski definition) is 0. The Morgan fingerprint density at radius 3 is 2.92 bits per heavy atom. The van der Waals surface area contributed by atoms with Crippen molar-refractivity contribution in [2.45, 2.75) is 23.7 Å². The van der Waals surface area contributed by atoms with Gasteiger partial charge in [-0.05, 0) is 19.1 Å². The molecule has 0 atom stereocenters. The molecule has 2 nitrogen and oxygen atoms in total. The highest BCUT2D eigenvalue weighted by atomic mass is 33.1. The van der Waals surface area contributed by atoms with Crippen LogP contribution in [0, 0.1) is 5.21 Å². The van der Waals surface area contributed by atoms with E-state index in [0.717, 1.165) is 10.4 Å². The Kier molecular flexibility index (Phi) is 2.69. The number of rotatable bonds is 3. The summed E-state index contributed by atoms with van der Waals surface area (Å²) in [5, 5.41) is 11.4. The molecule has 0 aromatic carbocycles. The Morgan fingerprint density at radius 2 is 2.31 bits per heavy atom. The largest absolute Gasteiger partial charge is 0.618 e. The zero-order valence-electron chi connectivity index (χ0n) is 7.40. The normalized spacial score (nSPS) is 16.1. The van der Waals surface area contributed by atoms with E-state index in [1.807, 2.05) is 18.4 Å². The molecule has 2 rings (SSSR count). The molecule has 13 heavy (non-hydrogen) atoms. The van der Waals surface area contributed by atoms with Gasteiger partial charge in [0.2, 0.25) is 0 Å². The van der Waals surface area contributed by atoms with Gasteiger partial charge >= 0.3 is 0 Å². The highest BCUT2D eigenvalue weighted by Gasteiger charge is 2.30. The van der Waals surface area contributed by atoms with Crippen molar-refractivity contribution in [2.24, 2.45) is 0 Å². The second kappa shape index (κ2) is 3.80. The summed E-state index contributed by atoms with van der Waals surface area (Å²) in [7, 11) is 3.41. The van der Waals surface area contributed by atoms with E-state index in [1.54, 1.807) is 27.8 Å². The van der Waals surface area contributed by atoms with Gasteiger partial charge in [0, 0.05) is 22.9 Å². The molecule has 1 aromatic rings. The SMILES string of the molecule is CSSc1cc[n+]([O-])c(C2CC2)c1. The van der Waals surface area contributed by atoms with E-state index in [0.29, 0.717) is 5.92 Å². The number of pyridine rings is 1. The maximum absolute atomic E-state index is 11.4. The molecule has 0 radical (unpaired) electrons. The van der Waals surface area contributed by atoms with Crippen molar-refractivity contribution in [3.63, 3.8) is 0 Å². The molecule has 0 aliphatic heterocycles. The lowest BCUT2D eigenvalue weighted by Gasteiger charge is -2.04. The number of nitrogens with zero attached hydrogens (tertiary/aromatic N) is 1. The average Bonchev–Trinajstić information content (AvgIpc) is 2.92. The van der Waals surface area contributed by atoms with Gasteiger partial charge in [-0.25, -0.2) is 0 Å². The predicted octanol–water partition coefficient (Wildman–Crippen LogP) is 2.57. The third-order valence-electron chi connectivity index (χ3n) is 2.09. The molecule has 1 heterocycles. The third kappa shape index (κ3) is 2.11. The van der Waals surface area contributed by atoms with Crippen LogP contribution in [0.15, 0.2) is 23.2 Å². The fourth-order valence-electron chi connectivity index (χ4n) is 1.31. The van der Waals surface area contributed by atoms with E-state index in [1.165, 1.54) is 17.7 Å². The molecular formula is C9H11NOS2. The lowest BCUT2D eigenvalue weighted by Crippen LogP contribution is -2.30. The lowest BCUT2D eigenvalue weighted by atomic mass is 10.2. The van der Waals surface area contributed by atoms with E-state index < -0.39 is 0 Å². The molecular weight excluding hydrogens is 202 g/mol. The molecule has 1 saturated carbocycles. The molecule has 0 saturated heterocycles. The second-order valence-corrected chi connectivity index (χ2v) is 5.61. The Hall–Kier alpha value is -0.350. The van der Waals surface area contributed by atoms with E-state index in [-0.39, 0.29) is 0 Å². The highest BCUT2D eigenvalue weighted by molar-refractivity contribution is 8.76. The van der Waals surface area contributed by atoms with Crippen molar-refractivity contribution in [1.29, 1.82) is 0 Å². The van der Waals surface area contributed by atoms with Crippen LogP contribution < -0.4 is 4.73 Å². The van der Waals surface area contributed by atoms with Crippen LogP contribution in [0.5, 0.6) is 0 Å². The van der Waals surface area contributed by atoms with Crippen LogP contribution in [0.4, 0.5) is 0 Å². The zero-order chi connectivity index (χ0) is 9.26. The Morgan fingerprint density at radius 1 is 1.54 bits per heavy atom. The fourth-order valence-corrected chi connectivity index (χ4v) is 2.68. The highest BCUT2D eigenvalue weighted by Crippen LogP contribution is 2.40. The molecule has 0 bridgehead atoms. The summed E-state index contributed by atoms with van der Waals surface area (Å²) in [5.41, 5.74) is 0.944. The van der Waals surface area contributed by atoms with Gasteiger partial charge in [-0.15, -0.1) is 0 Å². The van der Waals surface area contributed by atoms with Gasteiger partial charge < -0.3 is 5.21 Å². The summed E-state index contributed by atoms with van der Waals surface area (Å²) in [6.45, 7) is 0. The average molecular weight is 213 g/mol. The Bertz CT molecular complexity index is 312. The van der Waals surface area contributed by atoms with Crippen LogP contribution in [-0.2, 0) is 0 Å². The number of aromatic nitrogens is 1. The van der Waals surface area contributed by atoms with Gasteiger partial charge in [0.05, 0.1) is 0 Å². The van der Waals surface area contributed by atoms with Crippen molar-refractivity contribution in [2.75, 3.05) is 6.26 Å². The lowest BCUT2D eigenvalue weighted by molar-refractivity contribution is -0.614. The molecule has 0 spiro atoms. The maximum atomic E-state index is 11.4. The minimum absolute atomic E-state index is 0.528. The van der Waals surface area contributed by atoms with Gasteiger partial charge in [-0.3, -0.25) is 0 Å². The van der Waals surface area contributed by atoms with Crippen LogP contribution >= 0.6 is 21.6 Å². The minimum Gasteiger partial charge on any atom is -0.618 e. The molecule has 0 unspecified atom stereocenters. The molecule has 0 amide bonds. The Balaban J connectivity index is 2.25. The minimum atomic E-state index is 0.528. The van der Waals surface area contributed by atoms with E-state index in [4.69, 9.17) is 0 Å². The van der Waals surface area contributed by atoms with Crippen molar-refractivity contribution in [3.8, 4) is 0 Å². The van der Waals surface area contributed by atoms with Crippen molar-refractivity contribution in [1.82, 2.24) is 0 Å². The zero-order valence-corrected chi connectivity index (χ0v) is 9.03. The molecule has 4 heteroatoms. The molecule has 0 N–H and O–H groups in total. The van der Waals surface area contributed by atoms with Gasteiger partial charge in [-0.2, -0.15) is 4.73 Å². The van der Waals surface area contributed by atoms with Gasteiger partial charge in [-0.1, -0.05) is 21.6 Å². The summed E-state index contributed by atoms with van der Waals surface area (Å²) in [6, 6.07) is 3.89. The summed E-state index contributed by atoms with van der Waals surface area (Å²) in [6.07, 6.45) is 6.01. The van der Waals surface area contributed by atoms with Crippen LogP contribution in [0.2, 0.25) is 0 Å². The summed E-state index contributed by atoms with van der Waals surface area (Å²) < 4.78 is 1.00. The summed E-state index contributed by atoms with van der Waals surface area (Å²) in [4.78, 5) is 1.18. The van der Waals surface area contributed by atoms with Crippen molar-refractivity contribution < 1.29 is 4.73 Å². The second-order valence-electron chi connectivity index (χ2n) is 3.14. The van der Waals surface area contributed by atoms with Crippen molar-refractivity contribution >= 4 is 21.6 Å². The van der Waals surface area contributed by atoms with Crippen LogP contribution in [0.25, 0.3) is 0 Å². The first-order valence-electron chi connectivity index (χ1n) is 4.25. The molecule has 1 aliphatic carbocycles. The first kappa shape index (κ1) is 9.21. The van der Waals surface area contributed by atoms with Gasteiger partial charge in [0.15, 0.2) is 11.9 Å². The smallest absolute Gasteiger partial charge is 0.196 e. The topological polar surface area (TPSA) is 26.9 Å². The van der Waals surface area contributed by atoms with Gasteiger partial charge in [0.25, 0.3) is 0 Å². The quantitative estimate of drug-likeness (QED) is 0.438. The first-order chi connectivity index (χ1) is 6.31. The third-order valence-corrected chi connectivity index (χ3v) is 3.78. The maximum Gasteiger partial charge on any atom is 0.196 e. The van der Waals surface area contributed by atoms with Crippen LogP contribution in [0.3, 0.4) is 0 Å². The summed E-state index contributed by atoms with van der Waals surface area (Å²) in [5.74, 6) is 0.528. The number of hydrogen-bond acceptors (Lipinski definition) is 3.